The fraction of sp³-hybridized carbons (Fsp3) is 0.0545. The molecule has 10 rings (SSSR count). The molecule has 0 aliphatic heterocycles. The molecule has 1 nitrogen and oxygen atoms in total. The molecule has 0 saturated heterocycles. The van der Waals surface area contributed by atoms with Gasteiger partial charge in [-0.25, -0.2) is 0 Å². The molecule has 0 atom stereocenters. The molecule has 1 heteroatoms. The van der Waals surface area contributed by atoms with Gasteiger partial charge in [-0.15, -0.1) is 0 Å². The zero-order valence-electron chi connectivity index (χ0n) is 31.7. The molecule has 0 saturated carbocycles. The van der Waals surface area contributed by atoms with Gasteiger partial charge >= 0.3 is 0 Å². The highest BCUT2D eigenvalue weighted by Crippen LogP contribution is 2.51. The van der Waals surface area contributed by atoms with Crippen molar-refractivity contribution in [1.82, 2.24) is 0 Å². The van der Waals surface area contributed by atoms with Crippen molar-refractivity contribution in [3.05, 3.63) is 223 Å². The van der Waals surface area contributed by atoms with Crippen LogP contribution in [-0.2, 0) is 5.41 Å². The second-order valence-corrected chi connectivity index (χ2v) is 15.3. The van der Waals surface area contributed by atoms with E-state index in [1.807, 2.05) is 0 Å². The summed E-state index contributed by atoms with van der Waals surface area (Å²) in [5.74, 6) is 0. The maximum atomic E-state index is 2.41. The maximum absolute atomic E-state index is 2.41. The highest BCUT2D eigenvalue weighted by atomic mass is 15.1. The molecule has 0 spiro atoms. The smallest absolute Gasteiger partial charge is 0.0465 e. The first-order valence-corrected chi connectivity index (χ1v) is 19.5. The topological polar surface area (TPSA) is 3.24 Å². The lowest BCUT2D eigenvalue weighted by Gasteiger charge is -2.28. The number of anilines is 3. The van der Waals surface area contributed by atoms with Gasteiger partial charge in [0.05, 0.1) is 0 Å². The average molecular weight is 716 g/mol. The molecule has 9 aromatic rings. The summed E-state index contributed by atoms with van der Waals surface area (Å²) in [5, 5.41) is 2.53. The Balaban J connectivity index is 1.05. The third kappa shape index (κ3) is 5.81. The van der Waals surface area contributed by atoms with Gasteiger partial charge in [0.25, 0.3) is 0 Å². The van der Waals surface area contributed by atoms with Crippen LogP contribution in [0.15, 0.2) is 212 Å². The third-order valence-corrected chi connectivity index (χ3v) is 11.7. The SMILES string of the molecule is CC1(C)c2ccccc2-c2ccc(N(c3ccc(-c4cccc(-c5cccc6ccccc56)c4)cc3)c3ccc(-c4ccccc4-c4ccccc4)cc3)cc21. The van der Waals surface area contributed by atoms with Gasteiger partial charge in [0, 0.05) is 22.5 Å². The molecular formula is C55H41N. The van der Waals surface area contributed by atoms with Gasteiger partial charge in [0.15, 0.2) is 0 Å². The van der Waals surface area contributed by atoms with E-state index in [1.165, 1.54) is 77.5 Å². The Morgan fingerprint density at radius 2 is 0.804 bits per heavy atom. The highest BCUT2D eigenvalue weighted by molar-refractivity contribution is 5.97. The van der Waals surface area contributed by atoms with Crippen molar-refractivity contribution in [3.63, 3.8) is 0 Å². The lowest BCUT2D eigenvalue weighted by molar-refractivity contribution is 0.660. The molecule has 0 fully saturated rings. The number of hydrogen-bond donors (Lipinski definition) is 0. The molecule has 266 valence electrons. The largest absolute Gasteiger partial charge is 0.310 e. The average Bonchev–Trinajstić information content (AvgIpc) is 3.49. The number of rotatable bonds is 7. The van der Waals surface area contributed by atoms with Gasteiger partial charge in [0.2, 0.25) is 0 Å². The molecule has 0 aromatic heterocycles. The summed E-state index contributed by atoms with van der Waals surface area (Å²) >= 11 is 0. The van der Waals surface area contributed by atoms with E-state index in [1.54, 1.807) is 0 Å². The quantitative estimate of drug-likeness (QED) is 0.159. The zero-order valence-corrected chi connectivity index (χ0v) is 31.7. The van der Waals surface area contributed by atoms with E-state index >= 15 is 0 Å². The van der Waals surface area contributed by atoms with Crippen LogP contribution in [-0.4, -0.2) is 0 Å². The van der Waals surface area contributed by atoms with Crippen LogP contribution in [0.1, 0.15) is 25.0 Å². The van der Waals surface area contributed by atoms with Crippen molar-refractivity contribution in [2.75, 3.05) is 4.90 Å². The van der Waals surface area contributed by atoms with Gasteiger partial charge < -0.3 is 4.90 Å². The standard InChI is InChI=1S/C55H41N/c1-55(2)53-25-11-10-23-51(53)52-35-34-46(37-54(52)55)56(45-32-28-41(29-33-45)49-22-9-8-21-47(49)39-14-4-3-5-15-39)44-30-26-38(27-31-44)42-18-12-19-43(36-42)50-24-13-17-40-16-6-7-20-48(40)50/h3-37H,1-2H3. The van der Waals surface area contributed by atoms with E-state index in [2.05, 4.69) is 231 Å². The maximum Gasteiger partial charge on any atom is 0.0465 e. The van der Waals surface area contributed by atoms with Crippen LogP contribution in [0.5, 0.6) is 0 Å². The van der Waals surface area contributed by atoms with Crippen LogP contribution in [0, 0.1) is 0 Å². The van der Waals surface area contributed by atoms with Gasteiger partial charge in [-0.3, -0.25) is 0 Å². The molecule has 0 bridgehead atoms. The minimum atomic E-state index is -0.0996. The molecule has 9 aromatic carbocycles. The minimum Gasteiger partial charge on any atom is -0.310 e. The Morgan fingerprint density at radius 3 is 1.55 bits per heavy atom. The van der Waals surface area contributed by atoms with Crippen LogP contribution >= 0.6 is 0 Å². The number of fused-ring (bicyclic) bond motifs is 4. The molecule has 0 amide bonds. The zero-order chi connectivity index (χ0) is 37.6. The predicted octanol–water partition coefficient (Wildman–Crippen LogP) is 15.3. The summed E-state index contributed by atoms with van der Waals surface area (Å²) < 4.78 is 0. The number of hydrogen-bond acceptors (Lipinski definition) is 1. The Hall–Kier alpha value is -6.96. The first-order chi connectivity index (χ1) is 27.5. The van der Waals surface area contributed by atoms with Gasteiger partial charge in [0.1, 0.15) is 0 Å². The van der Waals surface area contributed by atoms with Gasteiger partial charge in [-0.05, 0) is 120 Å². The number of benzene rings is 9. The third-order valence-electron chi connectivity index (χ3n) is 11.7. The summed E-state index contributed by atoms with van der Waals surface area (Å²) in [6.07, 6.45) is 0. The van der Waals surface area contributed by atoms with Crippen molar-refractivity contribution in [1.29, 1.82) is 0 Å². The van der Waals surface area contributed by atoms with Crippen molar-refractivity contribution in [2.24, 2.45) is 0 Å². The Bertz CT molecular complexity index is 2860. The molecule has 0 heterocycles. The normalized spacial score (nSPS) is 12.6. The summed E-state index contributed by atoms with van der Waals surface area (Å²) in [7, 11) is 0. The molecule has 1 aliphatic carbocycles. The highest BCUT2D eigenvalue weighted by Gasteiger charge is 2.35. The van der Waals surface area contributed by atoms with Gasteiger partial charge in [-0.1, -0.05) is 184 Å². The summed E-state index contributed by atoms with van der Waals surface area (Å²) in [6.45, 7) is 4.71. The second-order valence-electron chi connectivity index (χ2n) is 15.3. The summed E-state index contributed by atoms with van der Waals surface area (Å²) in [6, 6.07) is 77.5. The van der Waals surface area contributed by atoms with Crippen LogP contribution in [0.25, 0.3) is 66.4 Å². The summed E-state index contributed by atoms with van der Waals surface area (Å²) in [5.41, 5.74) is 18.4. The fourth-order valence-corrected chi connectivity index (χ4v) is 8.82. The second kappa shape index (κ2) is 13.7. The monoisotopic (exact) mass is 715 g/mol. The van der Waals surface area contributed by atoms with E-state index in [-0.39, 0.29) is 5.41 Å². The lowest BCUT2D eigenvalue weighted by atomic mass is 9.82. The number of nitrogens with zero attached hydrogens (tertiary/aromatic N) is 1. The molecule has 0 N–H and O–H groups in total. The Kier molecular flexibility index (Phi) is 8.23. The molecular weight excluding hydrogens is 675 g/mol. The molecule has 56 heavy (non-hydrogen) atoms. The molecule has 1 aliphatic rings. The Labute approximate surface area is 329 Å². The van der Waals surface area contributed by atoms with E-state index in [4.69, 9.17) is 0 Å². The van der Waals surface area contributed by atoms with Crippen LogP contribution in [0.2, 0.25) is 0 Å². The molecule has 0 unspecified atom stereocenters. The lowest BCUT2D eigenvalue weighted by Crippen LogP contribution is -2.16. The summed E-state index contributed by atoms with van der Waals surface area (Å²) in [4.78, 5) is 2.41. The van der Waals surface area contributed by atoms with E-state index in [9.17, 15) is 0 Å². The van der Waals surface area contributed by atoms with E-state index in [0.29, 0.717) is 0 Å². The van der Waals surface area contributed by atoms with Crippen molar-refractivity contribution in [3.8, 4) is 55.6 Å². The van der Waals surface area contributed by atoms with Crippen LogP contribution in [0.3, 0.4) is 0 Å². The fourth-order valence-electron chi connectivity index (χ4n) is 8.82. The Morgan fingerprint density at radius 1 is 0.304 bits per heavy atom. The molecule has 0 radical (unpaired) electrons. The van der Waals surface area contributed by atoms with Crippen LogP contribution in [0.4, 0.5) is 17.1 Å². The van der Waals surface area contributed by atoms with Crippen molar-refractivity contribution >= 4 is 27.8 Å². The first-order valence-electron chi connectivity index (χ1n) is 19.5. The van der Waals surface area contributed by atoms with Crippen molar-refractivity contribution in [2.45, 2.75) is 19.3 Å². The predicted molar refractivity (Wildman–Crippen MR) is 238 cm³/mol. The van der Waals surface area contributed by atoms with E-state index < -0.39 is 0 Å². The van der Waals surface area contributed by atoms with Crippen molar-refractivity contribution < 1.29 is 0 Å². The van der Waals surface area contributed by atoms with E-state index in [0.717, 1.165) is 17.1 Å². The first kappa shape index (κ1) is 33.6. The van der Waals surface area contributed by atoms with Gasteiger partial charge in [-0.2, -0.15) is 0 Å². The minimum absolute atomic E-state index is 0.0996. The van der Waals surface area contributed by atoms with Crippen LogP contribution < -0.4 is 4.90 Å².